The predicted molar refractivity (Wildman–Crippen MR) is 135 cm³/mol. The first-order valence-corrected chi connectivity index (χ1v) is 13.6. The van der Waals surface area contributed by atoms with Crippen LogP contribution in [-0.2, 0) is 19.3 Å². The summed E-state index contributed by atoms with van der Waals surface area (Å²) >= 11 is 1.92. The molecule has 3 nitrogen and oxygen atoms in total. The van der Waals surface area contributed by atoms with E-state index in [1.807, 2.05) is 11.8 Å². The summed E-state index contributed by atoms with van der Waals surface area (Å²) < 4.78 is 11.2. The lowest BCUT2D eigenvalue weighted by atomic mass is 9.86. The van der Waals surface area contributed by atoms with Crippen molar-refractivity contribution in [2.45, 2.75) is 95.3 Å². The molecule has 1 aliphatic carbocycles. The van der Waals surface area contributed by atoms with Crippen LogP contribution in [0.15, 0.2) is 44.6 Å². The highest BCUT2D eigenvalue weighted by Crippen LogP contribution is 2.28. The summed E-state index contributed by atoms with van der Waals surface area (Å²) in [6, 6.07) is 8.23. The van der Waals surface area contributed by atoms with E-state index in [9.17, 15) is 4.79 Å². The van der Waals surface area contributed by atoms with Gasteiger partial charge in [-0.3, -0.25) is 4.79 Å². The zero-order valence-electron chi connectivity index (χ0n) is 20.0. The smallest absolute Gasteiger partial charge is 0.188 e. The molecule has 0 unspecified atom stereocenters. The molecule has 4 heteroatoms. The molecule has 0 N–H and O–H groups in total. The van der Waals surface area contributed by atoms with E-state index in [0.717, 1.165) is 67.3 Å². The fourth-order valence-corrected chi connectivity index (χ4v) is 5.67. The van der Waals surface area contributed by atoms with E-state index in [-0.39, 0.29) is 5.43 Å². The highest BCUT2D eigenvalue weighted by atomic mass is 32.2. The molecule has 0 bridgehead atoms. The highest BCUT2D eigenvalue weighted by Gasteiger charge is 2.14. The van der Waals surface area contributed by atoms with Crippen molar-refractivity contribution >= 4 is 11.8 Å². The lowest BCUT2D eigenvalue weighted by Crippen LogP contribution is -2.11. The minimum absolute atomic E-state index is 0.164. The Morgan fingerprint density at radius 1 is 1.00 bits per heavy atom. The van der Waals surface area contributed by atoms with Gasteiger partial charge in [0.1, 0.15) is 11.5 Å². The van der Waals surface area contributed by atoms with E-state index in [0.29, 0.717) is 0 Å². The van der Waals surface area contributed by atoms with Crippen LogP contribution in [0, 0.1) is 5.92 Å². The van der Waals surface area contributed by atoms with Gasteiger partial charge >= 0.3 is 0 Å². The van der Waals surface area contributed by atoms with Gasteiger partial charge < -0.3 is 9.15 Å². The molecule has 0 atom stereocenters. The van der Waals surface area contributed by atoms with Gasteiger partial charge in [-0.05, 0) is 67.5 Å². The van der Waals surface area contributed by atoms with E-state index in [4.69, 9.17) is 9.15 Å². The Morgan fingerprint density at radius 3 is 2.56 bits per heavy atom. The Hall–Kier alpha value is -1.68. The number of hydrogen-bond acceptors (Lipinski definition) is 4. The quantitative estimate of drug-likeness (QED) is 0.229. The van der Waals surface area contributed by atoms with Crippen LogP contribution >= 0.6 is 11.8 Å². The van der Waals surface area contributed by atoms with Crippen molar-refractivity contribution in [3.8, 4) is 5.75 Å². The Balaban J connectivity index is 1.30. The second-order valence-corrected chi connectivity index (χ2v) is 10.3. The molecule has 1 heterocycles. The number of hydrogen-bond donors (Lipinski definition) is 0. The third-order valence-corrected chi connectivity index (χ3v) is 7.81. The Labute approximate surface area is 198 Å². The molecule has 1 aromatic carbocycles. The third-order valence-electron chi connectivity index (χ3n) is 6.73. The van der Waals surface area contributed by atoms with Gasteiger partial charge in [0, 0.05) is 22.9 Å². The zero-order chi connectivity index (χ0) is 22.6. The van der Waals surface area contributed by atoms with Crippen molar-refractivity contribution in [2.75, 3.05) is 12.9 Å². The molecule has 1 fully saturated rings. The Kier molecular flexibility index (Phi) is 10.7. The molecule has 32 heavy (non-hydrogen) atoms. The minimum atomic E-state index is 0.164. The van der Waals surface area contributed by atoms with E-state index in [2.05, 4.69) is 25.1 Å². The molecule has 3 rings (SSSR count). The van der Waals surface area contributed by atoms with Gasteiger partial charge in [0.15, 0.2) is 5.43 Å². The first-order chi connectivity index (χ1) is 15.7. The van der Waals surface area contributed by atoms with Gasteiger partial charge in [0.25, 0.3) is 0 Å². The third kappa shape index (κ3) is 8.03. The molecular formula is C28H40O3S. The maximum absolute atomic E-state index is 12.4. The molecule has 0 saturated heterocycles. The van der Waals surface area contributed by atoms with Crippen LogP contribution in [0.25, 0.3) is 0 Å². The summed E-state index contributed by atoms with van der Waals surface area (Å²) in [5.41, 5.74) is 2.28. The fourth-order valence-electron chi connectivity index (χ4n) is 4.70. The molecular weight excluding hydrogens is 416 g/mol. The molecule has 176 valence electrons. The highest BCUT2D eigenvalue weighted by molar-refractivity contribution is 7.99. The molecule has 0 aliphatic heterocycles. The van der Waals surface area contributed by atoms with Crippen LogP contribution < -0.4 is 10.2 Å². The Morgan fingerprint density at radius 2 is 1.81 bits per heavy atom. The number of thioether (sulfide) groups is 1. The van der Waals surface area contributed by atoms with E-state index >= 15 is 0 Å². The lowest BCUT2D eigenvalue weighted by Gasteiger charge is -2.20. The van der Waals surface area contributed by atoms with Crippen molar-refractivity contribution in [1.29, 1.82) is 0 Å². The van der Waals surface area contributed by atoms with E-state index in [1.165, 1.54) is 55.4 Å². The average Bonchev–Trinajstić information content (AvgIpc) is 2.83. The predicted octanol–water partition coefficient (Wildman–Crippen LogP) is 7.62. The summed E-state index contributed by atoms with van der Waals surface area (Å²) in [6.07, 6.45) is 17.1. The van der Waals surface area contributed by atoms with Crippen molar-refractivity contribution in [2.24, 2.45) is 5.92 Å². The maximum atomic E-state index is 12.4. The van der Waals surface area contributed by atoms with Crippen LogP contribution in [0.1, 0.15) is 88.0 Å². The first-order valence-electron chi connectivity index (χ1n) is 12.6. The first kappa shape index (κ1) is 25.0. The Bertz CT molecular complexity index is 867. The minimum Gasteiger partial charge on any atom is -0.496 e. The number of methoxy groups -OCH3 is 1. The number of rotatable bonds is 13. The van der Waals surface area contributed by atoms with Crippen LogP contribution in [0.2, 0.25) is 0 Å². The average molecular weight is 457 g/mol. The lowest BCUT2D eigenvalue weighted by molar-refractivity contribution is 0.329. The number of benzene rings is 1. The molecule has 0 amide bonds. The number of aryl methyl sites for hydroxylation is 3. The maximum Gasteiger partial charge on any atom is 0.188 e. The second-order valence-electron chi connectivity index (χ2n) is 9.12. The van der Waals surface area contributed by atoms with E-state index < -0.39 is 0 Å². The molecule has 1 saturated carbocycles. The normalized spacial score (nSPS) is 14.6. The molecule has 0 spiro atoms. The van der Waals surface area contributed by atoms with Crippen LogP contribution in [0.4, 0.5) is 0 Å². The summed E-state index contributed by atoms with van der Waals surface area (Å²) in [6.45, 7) is 2.16. The van der Waals surface area contributed by atoms with Gasteiger partial charge in [-0.1, -0.05) is 51.9 Å². The van der Waals surface area contributed by atoms with Crippen LogP contribution in [-0.4, -0.2) is 12.9 Å². The second kappa shape index (κ2) is 13.8. The summed E-state index contributed by atoms with van der Waals surface area (Å²) in [7, 11) is 1.73. The standard InChI is InChI=1S/C28H40O3S/c1-3-23-19-26(16-17-28(23)30-2)32-18-10-5-4-9-13-24-21-31-25(20-27(24)29)15-14-22-11-7-6-8-12-22/h16-17,19-22H,3-15,18H2,1-2H3. The largest absolute Gasteiger partial charge is 0.496 e. The summed E-state index contributed by atoms with van der Waals surface area (Å²) in [5.74, 6) is 3.81. The van der Waals surface area contributed by atoms with Crippen molar-refractivity contribution in [1.82, 2.24) is 0 Å². The van der Waals surface area contributed by atoms with Crippen LogP contribution in [0.5, 0.6) is 5.75 Å². The van der Waals surface area contributed by atoms with Gasteiger partial charge in [-0.2, -0.15) is 0 Å². The van der Waals surface area contributed by atoms with Gasteiger partial charge in [0.05, 0.1) is 13.4 Å². The van der Waals surface area contributed by atoms with Crippen LogP contribution in [0.3, 0.4) is 0 Å². The molecule has 2 aromatic rings. The molecule has 1 aromatic heterocycles. The van der Waals surface area contributed by atoms with Gasteiger partial charge in [-0.15, -0.1) is 11.8 Å². The monoisotopic (exact) mass is 456 g/mol. The summed E-state index contributed by atoms with van der Waals surface area (Å²) in [5, 5.41) is 0. The fraction of sp³-hybridized carbons (Fsp3) is 0.607. The van der Waals surface area contributed by atoms with Gasteiger partial charge in [-0.25, -0.2) is 0 Å². The van der Waals surface area contributed by atoms with Crippen molar-refractivity contribution in [3.05, 3.63) is 57.6 Å². The van der Waals surface area contributed by atoms with Crippen molar-refractivity contribution < 1.29 is 9.15 Å². The number of ether oxygens (including phenoxy) is 1. The zero-order valence-corrected chi connectivity index (χ0v) is 20.8. The van der Waals surface area contributed by atoms with Gasteiger partial charge in [0.2, 0.25) is 0 Å². The van der Waals surface area contributed by atoms with E-state index in [1.54, 1.807) is 19.4 Å². The molecule has 0 radical (unpaired) electrons. The topological polar surface area (TPSA) is 39.4 Å². The molecule has 1 aliphatic rings. The van der Waals surface area contributed by atoms with Crippen molar-refractivity contribution in [3.63, 3.8) is 0 Å². The SMILES string of the molecule is CCc1cc(SCCCCCCc2coc(CCC3CCCCC3)cc2=O)ccc1OC. The summed E-state index contributed by atoms with van der Waals surface area (Å²) in [4.78, 5) is 13.8. The number of unbranched alkanes of at least 4 members (excludes halogenated alkanes) is 3.